The summed E-state index contributed by atoms with van der Waals surface area (Å²) in [6, 6.07) is 14.0. The van der Waals surface area contributed by atoms with Crippen molar-refractivity contribution in [2.45, 2.75) is 29.0 Å². The fraction of sp³-hybridized carbons (Fsp3) is 0.444. The van der Waals surface area contributed by atoms with Crippen LogP contribution in [0.5, 0.6) is 5.75 Å². The fourth-order valence-corrected chi connectivity index (χ4v) is 6.85. The molecule has 9 nitrogen and oxygen atoms in total. The highest BCUT2D eigenvalue weighted by atomic mass is 79.9. The number of ether oxygens (including phenoxy) is 2. The number of hydrogen-bond acceptors (Lipinski definition) is 9. The number of sulfone groups is 1. The maximum atomic E-state index is 13.7. The Kier molecular flexibility index (Phi) is 9.81. The van der Waals surface area contributed by atoms with E-state index in [2.05, 4.69) is 42.4 Å². The molecular formula is C27H32BrN3O6S. The Morgan fingerprint density at radius 1 is 0.974 bits per heavy atom. The largest absolute Gasteiger partial charge is 0.481 e. The number of rotatable bonds is 8. The van der Waals surface area contributed by atoms with Crippen LogP contribution in [0.15, 0.2) is 57.9 Å². The van der Waals surface area contributed by atoms with Gasteiger partial charge in [0.1, 0.15) is 12.4 Å². The van der Waals surface area contributed by atoms with Gasteiger partial charge in [-0.2, -0.15) is 5.90 Å². The highest BCUT2D eigenvalue weighted by molar-refractivity contribution is 9.10. The van der Waals surface area contributed by atoms with Crippen LogP contribution in [-0.4, -0.2) is 81.5 Å². The molecule has 0 bridgehead atoms. The van der Waals surface area contributed by atoms with Gasteiger partial charge in [-0.1, -0.05) is 39.9 Å². The fourth-order valence-electron chi connectivity index (χ4n) is 4.65. The molecule has 0 spiro atoms. The summed E-state index contributed by atoms with van der Waals surface area (Å²) in [4.78, 5) is 21.7. The van der Waals surface area contributed by atoms with Crippen LogP contribution in [0.25, 0.3) is 0 Å². The summed E-state index contributed by atoms with van der Waals surface area (Å²) in [5, 5.41) is 0. The molecule has 0 amide bonds. The number of likely N-dealkylation sites (tertiary alicyclic amines) is 1. The molecule has 2 aliphatic heterocycles. The SMILES string of the molecule is NOC(=O)C1(S(=O)(=O)c2ccc(OCC#CCN3CCOCC3)cc2)CCN(Cc2ccc(Br)cc2)CC1. The van der Waals surface area contributed by atoms with Crippen molar-refractivity contribution >= 4 is 31.7 Å². The molecule has 2 fully saturated rings. The highest BCUT2D eigenvalue weighted by Gasteiger charge is 2.54. The maximum Gasteiger partial charge on any atom is 0.346 e. The van der Waals surface area contributed by atoms with Crippen molar-refractivity contribution in [3.8, 4) is 17.6 Å². The molecule has 0 saturated carbocycles. The number of morpholine rings is 1. The second-order valence-corrected chi connectivity index (χ2v) is 12.5. The van der Waals surface area contributed by atoms with Gasteiger partial charge in [0, 0.05) is 37.2 Å². The van der Waals surface area contributed by atoms with Crippen LogP contribution in [-0.2, 0) is 30.8 Å². The number of nitrogens with zero attached hydrogens (tertiary/aromatic N) is 2. The molecule has 38 heavy (non-hydrogen) atoms. The first-order chi connectivity index (χ1) is 18.3. The minimum atomic E-state index is -4.08. The third-order valence-electron chi connectivity index (χ3n) is 6.95. The van der Waals surface area contributed by atoms with Crippen LogP contribution >= 0.6 is 15.9 Å². The lowest BCUT2D eigenvalue weighted by atomic mass is 9.95. The van der Waals surface area contributed by atoms with Crippen molar-refractivity contribution in [3.05, 3.63) is 58.6 Å². The van der Waals surface area contributed by atoms with E-state index in [-0.39, 0.29) is 24.3 Å². The molecule has 2 aromatic carbocycles. The van der Waals surface area contributed by atoms with Crippen molar-refractivity contribution in [1.82, 2.24) is 9.80 Å². The van der Waals surface area contributed by atoms with Gasteiger partial charge in [0.05, 0.1) is 24.7 Å². The number of piperidine rings is 1. The summed E-state index contributed by atoms with van der Waals surface area (Å²) in [6.07, 6.45) is 0.164. The van der Waals surface area contributed by atoms with Crippen molar-refractivity contribution in [1.29, 1.82) is 0 Å². The molecule has 0 aromatic heterocycles. The Labute approximate surface area is 232 Å². The predicted molar refractivity (Wildman–Crippen MR) is 146 cm³/mol. The lowest BCUT2D eigenvalue weighted by Gasteiger charge is -2.38. The summed E-state index contributed by atoms with van der Waals surface area (Å²) in [7, 11) is -4.08. The summed E-state index contributed by atoms with van der Waals surface area (Å²) >= 11 is 3.43. The average molecular weight is 607 g/mol. The molecule has 2 aromatic rings. The lowest BCUT2D eigenvalue weighted by Crippen LogP contribution is -2.55. The molecule has 2 heterocycles. The topological polar surface area (TPSA) is 111 Å². The second kappa shape index (κ2) is 13.1. The monoisotopic (exact) mass is 605 g/mol. The summed E-state index contributed by atoms with van der Waals surface area (Å²) in [5.41, 5.74) is 1.10. The van der Waals surface area contributed by atoms with E-state index in [0.29, 0.717) is 31.9 Å². The van der Waals surface area contributed by atoms with Crippen molar-refractivity contribution in [3.63, 3.8) is 0 Å². The van der Waals surface area contributed by atoms with Crippen LogP contribution in [0, 0.1) is 11.8 Å². The van der Waals surface area contributed by atoms with Gasteiger partial charge in [-0.15, -0.1) is 0 Å². The third kappa shape index (κ3) is 6.75. The predicted octanol–water partition coefficient (Wildman–Crippen LogP) is 2.39. The summed E-state index contributed by atoms with van der Waals surface area (Å²) in [6.45, 7) is 5.51. The first kappa shape index (κ1) is 28.5. The minimum Gasteiger partial charge on any atom is -0.481 e. The van der Waals surface area contributed by atoms with Gasteiger partial charge >= 0.3 is 5.97 Å². The number of carbonyl (C=O) groups excluding carboxylic acids is 1. The molecular weight excluding hydrogens is 574 g/mol. The van der Waals surface area contributed by atoms with E-state index in [1.54, 1.807) is 12.1 Å². The Morgan fingerprint density at radius 3 is 2.26 bits per heavy atom. The Morgan fingerprint density at radius 2 is 1.63 bits per heavy atom. The molecule has 0 atom stereocenters. The standard InChI is InChI=1S/C27H32BrN3O6S/c28-23-5-3-22(4-6-23)21-31-14-11-27(12-15-31,26(32)37-29)38(33,34)25-9-7-24(8-10-25)36-18-2-1-13-30-16-19-35-20-17-30/h3-10H,11-21,29H2. The molecule has 0 aliphatic carbocycles. The quantitative estimate of drug-likeness (QED) is 0.358. The summed E-state index contributed by atoms with van der Waals surface area (Å²) < 4.78 is 37.6. The van der Waals surface area contributed by atoms with Gasteiger partial charge in [-0.25, -0.2) is 13.2 Å². The number of hydrogen-bond donors (Lipinski definition) is 1. The average Bonchev–Trinajstić information content (AvgIpc) is 2.95. The minimum absolute atomic E-state index is 0.0232. The number of nitrogens with two attached hydrogens (primary N) is 1. The van der Waals surface area contributed by atoms with Gasteiger partial charge in [0.2, 0.25) is 0 Å². The van der Waals surface area contributed by atoms with E-state index in [1.807, 2.05) is 24.3 Å². The zero-order valence-corrected chi connectivity index (χ0v) is 23.5. The van der Waals surface area contributed by atoms with Crippen LogP contribution in [0.2, 0.25) is 0 Å². The molecule has 2 aliphatic rings. The molecule has 204 valence electrons. The van der Waals surface area contributed by atoms with E-state index in [4.69, 9.17) is 15.4 Å². The first-order valence-corrected chi connectivity index (χ1v) is 14.7. The molecule has 2 N–H and O–H groups in total. The maximum absolute atomic E-state index is 13.7. The second-order valence-electron chi connectivity index (χ2n) is 9.31. The number of benzene rings is 2. The van der Waals surface area contributed by atoms with Crippen molar-refractivity contribution < 1.29 is 27.5 Å². The zero-order valence-electron chi connectivity index (χ0n) is 21.1. The van der Waals surface area contributed by atoms with E-state index >= 15 is 0 Å². The highest BCUT2D eigenvalue weighted by Crippen LogP contribution is 2.37. The van der Waals surface area contributed by atoms with Crippen LogP contribution in [0.3, 0.4) is 0 Å². The molecule has 0 radical (unpaired) electrons. The smallest absolute Gasteiger partial charge is 0.346 e. The van der Waals surface area contributed by atoms with E-state index in [9.17, 15) is 13.2 Å². The Bertz CT molecular complexity index is 1240. The number of carbonyl (C=O) groups is 1. The van der Waals surface area contributed by atoms with Gasteiger partial charge in [0.15, 0.2) is 14.6 Å². The third-order valence-corrected chi connectivity index (χ3v) is 9.98. The normalized spacial score (nSPS) is 18.3. The van der Waals surface area contributed by atoms with E-state index in [0.717, 1.165) is 36.3 Å². The van der Waals surface area contributed by atoms with Crippen molar-refractivity contribution in [2.75, 3.05) is 52.5 Å². The molecule has 4 rings (SSSR count). The van der Waals surface area contributed by atoms with Gasteiger partial charge in [0.25, 0.3) is 0 Å². The Hall–Kier alpha value is -2.46. The van der Waals surface area contributed by atoms with Crippen molar-refractivity contribution in [2.24, 2.45) is 5.90 Å². The van der Waals surface area contributed by atoms with Crippen LogP contribution in [0.1, 0.15) is 18.4 Å². The molecule has 2 saturated heterocycles. The Balaban J connectivity index is 1.38. The van der Waals surface area contributed by atoms with Gasteiger partial charge in [-0.05, 0) is 54.8 Å². The zero-order chi connectivity index (χ0) is 27.0. The summed E-state index contributed by atoms with van der Waals surface area (Å²) in [5.74, 6) is 10.8. The molecule has 0 unspecified atom stereocenters. The van der Waals surface area contributed by atoms with E-state index < -0.39 is 20.6 Å². The lowest BCUT2D eigenvalue weighted by molar-refractivity contribution is -0.148. The number of halogens is 1. The van der Waals surface area contributed by atoms with Gasteiger partial charge in [-0.3, -0.25) is 9.80 Å². The first-order valence-electron chi connectivity index (χ1n) is 12.5. The van der Waals surface area contributed by atoms with Crippen LogP contribution in [0.4, 0.5) is 0 Å². The van der Waals surface area contributed by atoms with Gasteiger partial charge < -0.3 is 14.3 Å². The van der Waals surface area contributed by atoms with E-state index in [1.165, 1.54) is 12.1 Å². The van der Waals surface area contributed by atoms with Crippen LogP contribution < -0.4 is 10.6 Å². The molecule has 11 heteroatoms.